The van der Waals surface area contributed by atoms with Crippen LogP contribution >= 0.6 is 0 Å². The minimum absolute atomic E-state index is 0.0301. The minimum atomic E-state index is -0.223. The zero-order valence-electron chi connectivity index (χ0n) is 16.1. The predicted molar refractivity (Wildman–Crippen MR) is 105 cm³/mol. The normalized spacial score (nSPS) is 14.7. The monoisotopic (exact) mass is 369 g/mol. The highest BCUT2D eigenvalue weighted by Crippen LogP contribution is 2.22. The second-order valence-electron chi connectivity index (χ2n) is 6.99. The van der Waals surface area contributed by atoms with E-state index in [0.717, 1.165) is 24.2 Å². The summed E-state index contributed by atoms with van der Waals surface area (Å²) in [6.45, 7) is 2.57. The first kappa shape index (κ1) is 19.1. The lowest BCUT2D eigenvalue weighted by atomic mass is 9.94. The number of benzene rings is 1. The maximum Gasteiger partial charge on any atom is 0.254 e. The van der Waals surface area contributed by atoms with Crippen molar-refractivity contribution in [1.82, 2.24) is 14.5 Å². The smallest absolute Gasteiger partial charge is 0.254 e. The van der Waals surface area contributed by atoms with Crippen molar-refractivity contribution in [3.05, 3.63) is 47.0 Å². The fourth-order valence-corrected chi connectivity index (χ4v) is 3.52. The summed E-state index contributed by atoms with van der Waals surface area (Å²) in [5.41, 5.74) is 1.21. The average molecular weight is 369 g/mol. The maximum absolute atomic E-state index is 12.5. The van der Waals surface area contributed by atoms with Gasteiger partial charge in [0, 0.05) is 24.7 Å². The van der Waals surface area contributed by atoms with E-state index < -0.39 is 0 Å². The molecule has 6 heteroatoms. The lowest BCUT2D eigenvalue weighted by Gasteiger charge is -2.31. The van der Waals surface area contributed by atoms with Gasteiger partial charge in [-0.15, -0.1) is 0 Å². The lowest BCUT2D eigenvalue weighted by Crippen LogP contribution is -2.41. The van der Waals surface area contributed by atoms with E-state index in [1.807, 2.05) is 38.2 Å². The summed E-state index contributed by atoms with van der Waals surface area (Å²) >= 11 is 0. The fourth-order valence-electron chi connectivity index (χ4n) is 3.52. The van der Waals surface area contributed by atoms with Gasteiger partial charge in [0.1, 0.15) is 12.3 Å². The van der Waals surface area contributed by atoms with Crippen molar-refractivity contribution in [2.45, 2.75) is 51.6 Å². The maximum atomic E-state index is 12.5. The number of hydrogen-bond donors (Lipinski definition) is 0. The topological polar surface area (TPSA) is 64.4 Å². The molecule has 1 aliphatic carbocycles. The molecule has 6 nitrogen and oxygen atoms in total. The van der Waals surface area contributed by atoms with E-state index in [4.69, 9.17) is 4.74 Å². The van der Waals surface area contributed by atoms with Crippen LogP contribution in [0.25, 0.3) is 11.3 Å². The van der Waals surface area contributed by atoms with Gasteiger partial charge in [0.05, 0.1) is 18.6 Å². The Morgan fingerprint density at radius 2 is 1.93 bits per heavy atom. The second kappa shape index (κ2) is 8.84. The molecule has 1 aromatic heterocycles. The molecule has 1 amide bonds. The van der Waals surface area contributed by atoms with Gasteiger partial charge >= 0.3 is 0 Å². The van der Waals surface area contributed by atoms with Crippen LogP contribution in [-0.4, -0.2) is 40.1 Å². The molecule has 1 aliphatic rings. The molecule has 27 heavy (non-hydrogen) atoms. The molecular weight excluding hydrogens is 342 g/mol. The number of amides is 1. The summed E-state index contributed by atoms with van der Waals surface area (Å²) in [5, 5.41) is 0. The van der Waals surface area contributed by atoms with Crippen LogP contribution in [-0.2, 0) is 11.3 Å². The number of likely N-dealkylation sites (N-methyl/N-ethyl adjacent to an activating group) is 1. The van der Waals surface area contributed by atoms with Gasteiger partial charge in [-0.2, -0.15) is 0 Å². The van der Waals surface area contributed by atoms with E-state index in [-0.39, 0.29) is 24.1 Å². The number of hydrogen-bond acceptors (Lipinski definition) is 4. The van der Waals surface area contributed by atoms with Gasteiger partial charge in [-0.1, -0.05) is 19.3 Å². The molecular formula is C21H27N3O3. The van der Waals surface area contributed by atoms with E-state index in [0.29, 0.717) is 12.3 Å². The molecule has 1 heterocycles. The largest absolute Gasteiger partial charge is 0.494 e. The van der Waals surface area contributed by atoms with Crippen LogP contribution < -0.4 is 10.3 Å². The van der Waals surface area contributed by atoms with Crippen molar-refractivity contribution >= 4 is 5.91 Å². The number of ether oxygens (including phenoxy) is 1. The highest BCUT2D eigenvalue weighted by Gasteiger charge is 2.22. The molecule has 0 spiro atoms. The fraction of sp³-hybridized carbons (Fsp3) is 0.476. The standard InChI is InChI=1S/C21H27N3O3/c1-3-27-18-11-9-16(10-12-18)19-13-20(25)24(15-22-19)14-21(26)23(2)17-7-5-4-6-8-17/h9-13,15,17H,3-8,14H2,1-2H3. The first-order valence-corrected chi connectivity index (χ1v) is 9.64. The summed E-state index contributed by atoms with van der Waals surface area (Å²) < 4.78 is 6.80. The number of aromatic nitrogens is 2. The second-order valence-corrected chi connectivity index (χ2v) is 6.99. The van der Waals surface area contributed by atoms with Crippen LogP contribution in [0.3, 0.4) is 0 Å². The molecule has 0 radical (unpaired) electrons. The van der Waals surface area contributed by atoms with Gasteiger partial charge in [-0.3, -0.25) is 14.2 Å². The van der Waals surface area contributed by atoms with Crippen LogP contribution in [0.5, 0.6) is 5.75 Å². The number of carbonyl (C=O) groups is 1. The van der Waals surface area contributed by atoms with E-state index in [9.17, 15) is 9.59 Å². The Bertz CT molecular complexity index is 823. The molecule has 0 saturated heterocycles. The third-order valence-electron chi connectivity index (χ3n) is 5.16. The predicted octanol–water partition coefficient (Wildman–Crippen LogP) is 3.10. The van der Waals surface area contributed by atoms with Crippen LogP contribution in [0.15, 0.2) is 41.5 Å². The van der Waals surface area contributed by atoms with Crippen molar-refractivity contribution in [3.8, 4) is 17.0 Å². The molecule has 1 fully saturated rings. The van der Waals surface area contributed by atoms with E-state index in [1.54, 1.807) is 4.90 Å². The van der Waals surface area contributed by atoms with Crippen molar-refractivity contribution in [1.29, 1.82) is 0 Å². The molecule has 144 valence electrons. The summed E-state index contributed by atoms with van der Waals surface area (Å²) in [6, 6.07) is 9.23. The molecule has 1 aromatic carbocycles. The Morgan fingerprint density at radius 3 is 2.56 bits per heavy atom. The van der Waals surface area contributed by atoms with Crippen LogP contribution in [0.2, 0.25) is 0 Å². The molecule has 0 N–H and O–H groups in total. The molecule has 0 aliphatic heterocycles. The van der Waals surface area contributed by atoms with Gasteiger partial charge in [0.2, 0.25) is 5.91 Å². The summed E-state index contributed by atoms with van der Waals surface area (Å²) in [5.74, 6) is 0.741. The van der Waals surface area contributed by atoms with Crippen molar-refractivity contribution in [2.75, 3.05) is 13.7 Å². The summed E-state index contributed by atoms with van der Waals surface area (Å²) in [6.07, 6.45) is 7.13. The van der Waals surface area contributed by atoms with Gasteiger partial charge in [-0.05, 0) is 44.0 Å². The molecule has 2 aromatic rings. The SMILES string of the molecule is CCOc1ccc(-c2cc(=O)n(CC(=O)N(C)C3CCCCC3)cn2)cc1. The van der Waals surface area contributed by atoms with Crippen LogP contribution in [0.4, 0.5) is 0 Å². The quantitative estimate of drug-likeness (QED) is 0.785. The number of rotatable bonds is 6. The van der Waals surface area contributed by atoms with Gasteiger partial charge < -0.3 is 9.64 Å². The number of nitrogens with zero attached hydrogens (tertiary/aromatic N) is 3. The Morgan fingerprint density at radius 1 is 1.22 bits per heavy atom. The summed E-state index contributed by atoms with van der Waals surface area (Å²) in [4.78, 5) is 31.1. The van der Waals surface area contributed by atoms with E-state index >= 15 is 0 Å². The Balaban J connectivity index is 1.69. The van der Waals surface area contributed by atoms with Gasteiger partial charge in [0.25, 0.3) is 5.56 Å². The van der Waals surface area contributed by atoms with E-state index in [2.05, 4.69) is 4.98 Å². The van der Waals surface area contributed by atoms with Crippen molar-refractivity contribution < 1.29 is 9.53 Å². The number of carbonyl (C=O) groups excluding carboxylic acids is 1. The third kappa shape index (κ3) is 4.76. The molecule has 3 rings (SSSR count). The molecule has 1 saturated carbocycles. The third-order valence-corrected chi connectivity index (χ3v) is 5.16. The molecule has 0 bridgehead atoms. The van der Waals surface area contributed by atoms with Crippen molar-refractivity contribution in [3.63, 3.8) is 0 Å². The van der Waals surface area contributed by atoms with Gasteiger partial charge in [-0.25, -0.2) is 4.98 Å². The van der Waals surface area contributed by atoms with Gasteiger partial charge in [0.15, 0.2) is 0 Å². The lowest BCUT2D eigenvalue weighted by molar-refractivity contribution is -0.133. The van der Waals surface area contributed by atoms with Crippen LogP contribution in [0.1, 0.15) is 39.0 Å². The zero-order chi connectivity index (χ0) is 19.2. The van der Waals surface area contributed by atoms with E-state index in [1.165, 1.54) is 36.2 Å². The van der Waals surface area contributed by atoms with Crippen LogP contribution in [0, 0.1) is 0 Å². The molecule has 0 atom stereocenters. The first-order chi connectivity index (χ1) is 13.1. The zero-order valence-corrected chi connectivity index (χ0v) is 16.1. The minimum Gasteiger partial charge on any atom is -0.494 e. The Labute approximate surface area is 159 Å². The first-order valence-electron chi connectivity index (χ1n) is 9.64. The Kier molecular flexibility index (Phi) is 6.27. The van der Waals surface area contributed by atoms with Crippen molar-refractivity contribution in [2.24, 2.45) is 0 Å². The Hall–Kier alpha value is -2.63. The summed E-state index contributed by atoms with van der Waals surface area (Å²) in [7, 11) is 1.84. The average Bonchev–Trinajstić information content (AvgIpc) is 2.70. The highest BCUT2D eigenvalue weighted by molar-refractivity contribution is 5.76. The highest BCUT2D eigenvalue weighted by atomic mass is 16.5. The molecule has 0 unspecified atom stereocenters.